The Kier molecular flexibility index (Phi) is 5.15. The highest BCUT2D eigenvalue weighted by atomic mass is 16.1. The number of rotatable bonds is 6. The number of unbranched alkanes of at least 4 members (excludes halogenated alkanes) is 1. The van der Waals surface area contributed by atoms with Crippen molar-refractivity contribution in [3.63, 3.8) is 0 Å². The normalized spacial score (nSPS) is 11.5. The summed E-state index contributed by atoms with van der Waals surface area (Å²) in [7, 11) is 0. The minimum Gasteiger partial charge on any atom is -0.383 e. The van der Waals surface area contributed by atoms with Crippen molar-refractivity contribution in [3.05, 3.63) is 59.9 Å². The van der Waals surface area contributed by atoms with Crippen LogP contribution in [-0.4, -0.2) is 38.3 Å². The molecular weight excluding hydrogens is 366 g/mol. The maximum Gasteiger partial charge on any atom is 0.257 e. The van der Waals surface area contributed by atoms with Crippen LogP contribution in [0.1, 0.15) is 35.7 Å². The molecule has 0 unspecified atom stereocenters. The number of pyridine rings is 1. The number of para-hydroxylation sites is 2. The Bertz CT molecular complexity index is 1200. The van der Waals surface area contributed by atoms with Crippen LogP contribution in [0.15, 0.2) is 53.9 Å². The number of nitrogens with one attached hydrogen (secondary N) is 1. The van der Waals surface area contributed by atoms with Crippen LogP contribution < -0.4 is 11.1 Å². The topological polar surface area (TPSA) is 111 Å². The second-order valence-electron chi connectivity index (χ2n) is 6.60. The van der Waals surface area contributed by atoms with Crippen LogP contribution in [0.2, 0.25) is 0 Å². The highest BCUT2D eigenvalue weighted by molar-refractivity contribution is 6.10. The van der Waals surface area contributed by atoms with Crippen molar-refractivity contribution in [1.82, 2.24) is 24.9 Å². The molecule has 8 heteroatoms. The molecule has 0 fully saturated rings. The largest absolute Gasteiger partial charge is 0.383 e. The molecule has 0 aliphatic heterocycles. The van der Waals surface area contributed by atoms with Crippen molar-refractivity contribution in [2.24, 2.45) is 5.10 Å². The third-order valence-electron chi connectivity index (χ3n) is 4.52. The van der Waals surface area contributed by atoms with Gasteiger partial charge in [0.1, 0.15) is 16.9 Å². The van der Waals surface area contributed by atoms with Crippen LogP contribution in [0, 0.1) is 0 Å². The molecule has 1 amide bonds. The Morgan fingerprint density at radius 2 is 2.00 bits per heavy atom. The lowest BCUT2D eigenvalue weighted by Gasteiger charge is -2.04. The first-order valence-electron chi connectivity index (χ1n) is 9.48. The Balaban J connectivity index is 1.87. The van der Waals surface area contributed by atoms with Gasteiger partial charge in [-0.3, -0.25) is 9.78 Å². The van der Waals surface area contributed by atoms with Gasteiger partial charge in [0, 0.05) is 24.5 Å². The van der Waals surface area contributed by atoms with Gasteiger partial charge in [0.05, 0.1) is 17.2 Å². The summed E-state index contributed by atoms with van der Waals surface area (Å²) in [5.74, 6) is -0.0784. The zero-order chi connectivity index (χ0) is 20.2. The van der Waals surface area contributed by atoms with Crippen LogP contribution in [0.3, 0.4) is 0 Å². The fourth-order valence-corrected chi connectivity index (χ4v) is 3.03. The van der Waals surface area contributed by atoms with Crippen molar-refractivity contribution in [2.75, 3.05) is 12.3 Å². The molecule has 0 saturated carbocycles. The van der Waals surface area contributed by atoms with Gasteiger partial charge in [-0.1, -0.05) is 31.5 Å². The number of fused-ring (bicyclic) bond motifs is 2. The quantitative estimate of drug-likeness (QED) is 0.390. The summed E-state index contributed by atoms with van der Waals surface area (Å²) in [5, 5.41) is 7.36. The second-order valence-corrected chi connectivity index (χ2v) is 6.60. The van der Waals surface area contributed by atoms with Crippen molar-refractivity contribution < 1.29 is 4.79 Å². The monoisotopic (exact) mass is 387 g/mol. The van der Waals surface area contributed by atoms with Gasteiger partial charge >= 0.3 is 0 Å². The number of amides is 1. The van der Waals surface area contributed by atoms with Crippen LogP contribution in [0.5, 0.6) is 0 Å². The van der Waals surface area contributed by atoms with E-state index in [-0.39, 0.29) is 17.3 Å². The molecule has 3 N–H and O–H groups in total. The van der Waals surface area contributed by atoms with Crippen molar-refractivity contribution >= 4 is 40.1 Å². The smallest absolute Gasteiger partial charge is 0.257 e. The summed E-state index contributed by atoms with van der Waals surface area (Å²) in [6.45, 7) is 2.64. The molecule has 1 aromatic carbocycles. The summed E-state index contributed by atoms with van der Waals surface area (Å²) in [4.78, 5) is 26.2. The first-order chi connectivity index (χ1) is 14.2. The summed E-state index contributed by atoms with van der Waals surface area (Å²) >= 11 is 0. The van der Waals surface area contributed by atoms with E-state index in [9.17, 15) is 4.79 Å². The van der Waals surface area contributed by atoms with Crippen LogP contribution in [0.25, 0.3) is 22.2 Å². The molecule has 3 aromatic heterocycles. The van der Waals surface area contributed by atoms with E-state index in [1.165, 1.54) is 4.68 Å². The van der Waals surface area contributed by atoms with E-state index >= 15 is 0 Å². The van der Waals surface area contributed by atoms with E-state index in [0.29, 0.717) is 28.7 Å². The molecule has 0 spiro atoms. The molecule has 29 heavy (non-hydrogen) atoms. The first kappa shape index (κ1) is 18.5. The SMILES string of the molecule is CCCCNC(=O)c1c(N)n(/N=C/c2cccnc2)c2nc3ccccc3nc12. The molecular formula is C21H21N7O. The molecule has 0 aliphatic carbocycles. The Hall–Kier alpha value is -3.81. The van der Waals surface area contributed by atoms with Gasteiger partial charge in [-0.15, -0.1) is 0 Å². The standard InChI is InChI=1S/C21H21N7O/c1-2-3-11-24-21(29)17-18-20(27-16-9-5-4-8-15(16)26-18)28(19(17)22)25-13-14-7-6-10-23-12-14/h4-10,12-13H,2-3,11,22H2,1H3,(H,24,29)/b25-13+. The molecule has 0 radical (unpaired) electrons. The molecule has 0 saturated heterocycles. The number of hydrogen-bond acceptors (Lipinski definition) is 6. The second kappa shape index (κ2) is 8.05. The average molecular weight is 387 g/mol. The van der Waals surface area contributed by atoms with E-state index in [1.54, 1.807) is 18.6 Å². The van der Waals surface area contributed by atoms with Crippen molar-refractivity contribution in [3.8, 4) is 0 Å². The molecule has 0 bridgehead atoms. The third-order valence-corrected chi connectivity index (χ3v) is 4.52. The van der Waals surface area contributed by atoms with Crippen LogP contribution in [0.4, 0.5) is 5.82 Å². The van der Waals surface area contributed by atoms with Gasteiger partial charge in [-0.05, 0) is 24.6 Å². The molecule has 0 atom stereocenters. The molecule has 8 nitrogen and oxygen atoms in total. The number of nitrogens with two attached hydrogens (primary N) is 1. The summed E-state index contributed by atoms with van der Waals surface area (Å²) in [5.41, 5.74) is 9.69. The number of carbonyl (C=O) groups is 1. The lowest BCUT2D eigenvalue weighted by molar-refractivity contribution is 0.0955. The third kappa shape index (κ3) is 3.64. The van der Waals surface area contributed by atoms with Gasteiger partial charge < -0.3 is 11.1 Å². The summed E-state index contributed by atoms with van der Waals surface area (Å²) in [6.07, 6.45) is 6.87. The van der Waals surface area contributed by atoms with Crippen LogP contribution >= 0.6 is 0 Å². The maximum absolute atomic E-state index is 12.8. The molecule has 4 rings (SSSR count). The molecule has 146 valence electrons. The van der Waals surface area contributed by atoms with E-state index in [2.05, 4.69) is 32.3 Å². The highest BCUT2D eigenvalue weighted by Crippen LogP contribution is 2.27. The number of nitrogens with zero attached hydrogens (tertiary/aromatic N) is 5. The number of anilines is 1. The average Bonchev–Trinajstić information content (AvgIpc) is 3.01. The Morgan fingerprint density at radius 1 is 1.21 bits per heavy atom. The zero-order valence-corrected chi connectivity index (χ0v) is 16.0. The lowest BCUT2D eigenvalue weighted by atomic mass is 10.2. The van der Waals surface area contributed by atoms with Crippen LogP contribution in [-0.2, 0) is 0 Å². The number of benzene rings is 1. The molecule has 0 aliphatic rings. The number of nitrogen functional groups attached to an aromatic ring is 1. The minimum atomic E-state index is -0.277. The fourth-order valence-electron chi connectivity index (χ4n) is 3.03. The first-order valence-corrected chi connectivity index (χ1v) is 9.48. The summed E-state index contributed by atoms with van der Waals surface area (Å²) in [6, 6.07) is 11.2. The zero-order valence-electron chi connectivity index (χ0n) is 16.0. The van der Waals surface area contributed by atoms with E-state index in [1.807, 2.05) is 36.4 Å². The van der Waals surface area contributed by atoms with Gasteiger partial charge in [0.25, 0.3) is 5.91 Å². The number of aromatic nitrogens is 4. The fraction of sp³-hybridized carbons (Fsp3) is 0.190. The van der Waals surface area contributed by atoms with E-state index in [0.717, 1.165) is 18.4 Å². The van der Waals surface area contributed by atoms with Gasteiger partial charge in [0.2, 0.25) is 0 Å². The van der Waals surface area contributed by atoms with E-state index in [4.69, 9.17) is 5.73 Å². The molecule has 3 heterocycles. The molecule has 4 aromatic rings. The lowest BCUT2D eigenvalue weighted by Crippen LogP contribution is -2.25. The van der Waals surface area contributed by atoms with Gasteiger partial charge in [-0.2, -0.15) is 9.78 Å². The predicted octanol–water partition coefficient (Wildman–Crippen LogP) is 2.97. The number of hydrogen-bond donors (Lipinski definition) is 2. The Morgan fingerprint density at radius 3 is 2.72 bits per heavy atom. The number of carbonyl (C=O) groups excluding carboxylic acids is 1. The van der Waals surface area contributed by atoms with Crippen molar-refractivity contribution in [1.29, 1.82) is 0 Å². The minimum absolute atomic E-state index is 0.199. The van der Waals surface area contributed by atoms with Gasteiger partial charge in [-0.25, -0.2) is 9.97 Å². The van der Waals surface area contributed by atoms with Crippen molar-refractivity contribution in [2.45, 2.75) is 19.8 Å². The Labute approximate surface area is 167 Å². The summed E-state index contributed by atoms with van der Waals surface area (Å²) < 4.78 is 1.45. The highest BCUT2D eigenvalue weighted by Gasteiger charge is 2.23. The van der Waals surface area contributed by atoms with Gasteiger partial charge in [0.15, 0.2) is 5.65 Å². The van der Waals surface area contributed by atoms with E-state index < -0.39 is 0 Å². The predicted molar refractivity (Wildman–Crippen MR) is 114 cm³/mol. The maximum atomic E-state index is 12.8.